The lowest BCUT2D eigenvalue weighted by molar-refractivity contribution is 0.603. The van der Waals surface area contributed by atoms with Gasteiger partial charge in [0.05, 0.1) is 10.5 Å². The lowest BCUT2D eigenvalue weighted by atomic mass is 10.0. The standard InChI is InChI=1S/C14H14Cl2N2/c15-13-6-4-11-12(18-13)5-3-9(14(11)16)8-10-2-1-7-17-10/h3-6,10,17H,1-2,7-8H2. The van der Waals surface area contributed by atoms with Gasteiger partial charge in [-0.2, -0.15) is 0 Å². The Morgan fingerprint density at radius 1 is 1.22 bits per heavy atom. The van der Waals surface area contributed by atoms with Crippen LogP contribution in [0.3, 0.4) is 0 Å². The Bertz CT molecular complexity index is 577. The second-order valence-electron chi connectivity index (χ2n) is 4.74. The van der Waals surface area contributed by atoms with Crippen molar-refractivity contribution < 1.29 is 0 Å². The highest BCUT2D eigenvalue weighted by Gasteiger charge is 2.16. The van der Waals surface area contributed by atoms with Gasteiger partial charge in [0, 0.05) is 11.4 Å². The first-order valence-corrected chi connectivity index (χ1v) is 6.96. The molecule has 1 aliphatic rings. The van der Waals surface area contributed by atoms with Gasteiger partial charge in [-0.15, -0.1) is 0 Å². The van der Waals surface area contributed by atoms with Crippen LogP contribution in [0.5, 0.6) is 0 Å². The van der Waals surface area contributed by atoms with Crippen LogP contribution in [-0.4, -0.2) is 17.6 Å². The molecule has 1 aromatic carbocycles. The third kappa shape index (κ3) is 2.33. The molecule has 0 spiro atoms. The smallest absolute Gasteiger partial charge is 0.129 e. The van der Waals surface area contributed by atoms with Crippen molar-refractivity contribution in [3.05, 3.63) is 40.0 Å². The fourth-order valence-electron chi connectivity index (χ4n) is 2.54. The van der Waals surface area contributed by atoms with Crippen LogP contribution < -0.4 is 5.32 Å². The number of nitrogens with one attached hydrogen (secondary N) is 1. The minimum absolute atomic E-state index is 0.503. The molecule has 2 heterocycles. The Morgan fingerprint density at radius 2 is 2.11 bits per heavy atom. The Hall–Kier alpha value is -0.830. The molecule has 0 radical (unpaired) electrons. The Kier molecular flexibility index (Phi) is 3.42. The summed E-state index contributed by atoms with van der Waals surface area (Å²) < 4.78 is 0. The van der Waals surface area contributed by atoms with Gasteiger partial charge in [-0.1, -0.05) is 29.3 Å². The van der Waals surface area contributed by atoms with Gasteiger partial charge in [-0.25, -0.2) is 4.98 Å². The molecule has 0 amide bonds. The third-order valence-corrected chi connectivity index (χ3v) is 4.14. The number of fused-ring (bicyclic) bond motifs is 1. The number of rotatable bonds is 2. The van der Waals surface area contributed by atoms with Gasteiger partial charge in [0.25, 0.3) is 0 Å². The lowest BCUT2D eigenvalue weighted by Gasteiger charge is -2.12. The van der Waals surface area contributed by atoms with Crippen LogP contribution in [0, 0.1) is 0 Å². The van der Waals surface area contributed by atoms with Crippen LogP contribution in [0.4, 0.5) is 0 Å². The first kappa shape index (κ1) is 12.2. The zero-order valence-electron chi connectivity index (χ0n) is 9.92. The van der Waals surface area contributed by atoms with Crippen molar-refractivity contribution in [2.75, 3.05) is 6.54 Å². The molecule has 1 atom stereocenters. The Balaban J connectivity index is 1.97. The average molecular weight is 281 g/mol. The summed E-state index contributed by atoms with van der Waals surface area (Å²) in [6.07, 6.45) is 3.47. The first-order chi connectivity index (χ1) is 8.74. The topological polar surface area (TPSA) is 24.9 Å². The van der Waals surface area contributed by atoms with Crippen LogP contribution in [-0.2, 0) is 6.42 Å². The van der Waals surface area contributed by atoms with Crippen LogP contribution in [0.2, 0.25) is 10.2 Å². The zero-order valence-corrected chi connectivity index (χ0v) is 11.4. The number of aromatic nitrogens is 1. The highest BCUT2D eigenvalue weighted by Crippen LogP contribution is 2.29. The summed E-state index contributed by atoms with van der Waals surface area (Å²) in [4.78, 5) is 4.27. The van der Waals surface area contributed by atoms with Crippen LogP contribution in [0.15, 0.2) is 24.3 Å². The van der Waals surface area contributed by atoms with E-state index in [1.54, 1.807) is 6.07 Å². The number of benzene rings is 1. The summed E-state index contributed by atoms with van der Waals surface area (Å²) in [5.74, 6) is 0. The van der Waals surface area contributed by atoms with E-state index in [1.165, 1.54) is 18.4 Å². The van der Waals surface area contributed by atoms with Crippen molar-refractivity contribution in [3.63, 3.8) is 0 Å². The van der Waals surface area contributed by atoms with E-state index in [0.717, 1.165) is 28.9 Å². The maximum Gasteiger partial charge on any atom is 0.129 e. The largest absolute Gasteiger partial charge is 0.314 e. The minimum atomic E-state index is 0.503. The highest BCUT2D eigenvalue weighted by molar-refractivity contribution is 6.36. The molecule has 18 heavy (non-hydrogen) atoms. The highest BCUT2D eigenvalue weighted by atomic mass is 35.5. The lowest BCUT2D eigenvalue weighted by Crippen LogP contribution is -2.23. The molecule has 2 aromatic rings. The third-order valence-electron chi connectivity index (χ3n) is 3.48. The molecule has 1 N–H and O–H groups in total. The van der Waals surface area contributed by atoms with E-state index in [9.17, 15) is 0 Å². The van der Waals surface area contributed by atoms with Gasteiger partial charge in [0.15, 0.2) is 0 Å². The van der Waals surface area contributed by atoms with Crippen LogP contribution in [0.1, 0.15) is 18.4 Å². The van der Waals surface area contributed by atoms with Gasteiger partial charge in [0.2, 0.25) is 0 Å². The van der Waals surface area contributed by atoms with Crippen molar-refractivity contribution in [1.29, 1.82) is 0 Å². The van der Waals surface area contributed by atoms with Gasteiger partial charge in [-0.3, -0.25) is 0 Å². The van der Waals surface area contributed by atoms with Gasteiger partial charge in [-0.05, 0) is 49.6 Å². The first-order valence-electron chi connectivity index (χ1n) is 6.21. The average Bonchev–Trinajstić information content (AvgIpc) is 2.85. The minimum Gasteiger partial charge on any atom is -0.314 e. The van der Waals surface area contributed by atoms with Gasteiger partial charge < -0.3 is 5.32 Å². The summed E-state index contributed by atoms with van der Waals surface area (Å²) in [6, 6.07) is 8.34. The molecule has 0 saturated carbocycles. The molecule has 4 heteroatoms. The normalized spacial score (nSPS) is 19.6. The van der Waals surface area contributed by atoms with Crippen molar-refractivity contribution in [1.82, 2.24) is 10.3 Å². The number of pyridine rings is 1. The molecular weight excluding hydrogens is 267 g/mol. The summed E-state index contributed by atoms with van der Waals surface area (Å²) in [6.45, 7) is 1.12. The van der Waals surface area contributed by atoms with Gasteiger partial charge in [0.1, 0.15) is 5.15 Å². The van der Waals surface area contributed by atoms with Crippen molar-refractivity contribution in [2.24, 2.45) is 0 Å². The number of nitrogens with zero attached hydrogens (tertiary/aromatic N) is 1. The van der Waals surface area contributed by atoms with Crippen molar-refractivity contribution in [3.8, 4) is 0 Å². The summed E-state index contributed by atoms with van der Waals surface area (Å²) in [7, 11) is 0. The second-order valence-corrected chi connectivity index (χ2v) is 5.50. The van der Waals surface area contributed by atoms with E-state index < -0.39 is 0 Å². The number of hydrogen-bond donors (Lipinski definition) is 1. The predicted molar refractivity (Wildman–Crippen MR) is 76.5 cm³/mol. The van der Waals surface area contributed by atoms with Crippen molar-refractivity contribution in [2.45, 2.75) is 25.3 Å². The van der Waals surface area contributed by atoms with Crippen LogP contribution >= 0.6 is 23.2 Å². The van der Waals surface area contributed by atoms with E-state index in [0.29, 0.717) is 11.2 Å². The van der Waals surface area contributed by atoms with E-state index in [2.05, 4.69) is 16.4 Å². The SMILES string of the molecule is Clc1ccc2c(Cl)c(CC3CCCN3)ccc2n1. The predicted octanol–water partition coefficient (Wildman–Crippen LogP) is 3.84. The van der Waals surface area contributed by atoms with Crippen molar-refractivity contribution >= 4 is 34.1 Å². The fraction of sp³-hybridized carbons (Fsp3) is 0.357. The number of halogens is 2. The summed E-state index contributed by atoms with van der Waals surface area (Å²) >= 11 is 12.3. The molecular formula is C14H14Cl2N2. The quantitative estimate of drug-likeness (QED) is 0.846. The molecule has 1 aliphatic heterocycles. The number of hydrogen-bond acceptors (Lipinski definition) is 2. The molecule has 0 aliphatic carbocycles. The van der Waals surface area contributed by atoms with E-state index in [-0.39, 0.29) is 0 Å². The monoisotopic (exact) mass is 280 g/mol. The molecule has 1 saturated heterocycles. The fourth-order valence-corrected chi connectivity index (χ4v) is 3.00. The van der Waals surface area contributed by atoms with Gasteiger partial charge >= 0.3 is 0 Å². The maximum absolute atomic E-state index is 6.46. The molecule has 1 unspecified atom stereocenters. The molecule has 2 nitrogen and oxygen atoms in total. The molecule has 94 valence electrons. The van der Waals surface area contributed by atoms with E-state index in [4.69, 9.17) is 23.2 Å². The van der Waals surface area contributed by atoms with Crippen LogP contribution in [0.25, 0.3) is 10.9 Å². The second kappa shape index (κ2) is 5.04. The van der Waals surface area contributed by atoms with E-state index >= 15 is 0 Å². The molecule has 1 fully saturated rings. The maximum atomic E-state index is 6.46. The molecule has 0 bridgehead atoms. The Labute approximate surface area is 116 Å². The summed E-state index contributed by atoms with van der Waals surface area (Å²) in [5, 5.41) is 5.79. The summed E-state index contributed by atoms with van der Waals surface area (Å²) in [5.41, 5.74) is 2.04. The zero-order chi connectivity index (χ0) is 12.5. The Morgan fingerprint density at radius 3 is 2.89 bits per heavy atom. The molecule has 3 rings (SSSR count). The molecule has 1 aromatic heterocycles. The van der Waals surface area contributed by atoms with E-state index in [1.807, 2.05) is 12.1 Å².